The molecule has 0 aliphatic rings. The Kier molecular flexibility index (Phi) is 4.71. The molecule has 2 rings (SSSR count). The Morgan fingerprint density at radius 2 is 1.86 bits per heavy atom. The number of aryl methyl sites for hydroxylation is 1. The number of hydrogen-bond acceptors (Lipinski definition) is 5. The van der Waals surface area contributed by atoms with Crippen molar-refractivity contribution in [2.45, 2.75) is 20.3 Å². The molecular weight excluding hydrogens is 268 g/mol. The third kappa shape index (κ3) is 3.68. The molecule has 0 fully saturated rings. The highest BCUT2D eigenvalue weighted by Gasteiger charge is 2.16. The Morgan fingerprint density at radius 3 is 2.43 bits per heavy atom. The Morgan fingerprint density at radius 1 is 1.14 bits per heavy atom. The summed E-state index contributed by atoms with van der Waals surface area (Å²) in [5, 5.41) is 17.1. The number of pyridine rings is 1. The van der Waals surface area contributed by atoms with Crippen molar-refractivity contribution in [1.29, 1.82) is 0 Å². The lowest BCUT2D eigenvalue weighted by Crippen LogP contribution is -2.04. The van der Waals surface area contributed by atoms with E-state index in [1.54, 1.807) is 6.07 Å². The van der Waals surface area contributed by atoms with Crippen LogP contribution in [0.1, 0.15) is 19.4 Å². The minimum Gasteiger partial charge on any atom is -0.370 e. The van der Waals surface area contributed by atoms with Gasteiger partial charge in [-0.3, -0.25) is 10.1 Å². The molecule has 1 heterocycles. The molecule has 1 aromatic heterocycles. The van der Waals surface area contributed by atoms with Crippen molar-refractivity contribution >= 4 is 23.0 Å². The molecule has 110 valence electrons. The van der Waals surface area contributed by atoms with Crippen LogP contribution in [0, 0.1) is 10.1 Å². The Labute approximate surface area is 123 Å². The molecule has 0 aliphatic carbocycles. The van der Waals surface area contributed by atoms with Crippen LogP contribution in [-0.2, 0) is 6.42 Å². The van der Waals surface area contributed by atoms with Gasteiger partial charge in [0.1, 0.15) is 5.82 Å². The van der Waals surface area contributed by atoms with Crippen molar-refractivity contribution in [2.24, 2.45) is 0 Å². The van der Waals surface area contributed by atoms with Crippen LogP contribution in [0.3, 0.4) is 0 Å². The highest BCUT2D eigenvalue weighted by Crippen LogP contribution is 2.27. The topological polar surface area (TPSA) is 80.1 Å². The van der Waals surface area contributed by atoms with Gasteiger partial charge in [0.2, 0.25) is 5.82 Å². The van der Waals surface area contributed by atoms with Crippen molar-refractivity contribution in [1.82, 2.24) is 4.98 Å². The molecule has 0 saturated heterocycles. The van der Waals surface area contributed by atoms with Crippen LogP contribution in [0.15, 0.2) is 36.4 Å². The van der Waals surface area contributed by atoms with E-state index in [0.717, 1.165) is 12.1 Å². The maximum Gasteiger partial charge on any atom is 0.311 e. The van der Waals surface area contributed by atoms with Gasteiger partial charge in [0.15, 0.2) is 0 Å². The van der Waals surface area contributed by atoms with Crippen molar-refractivity contribution in [2.75, 3.05) is 17.2 Å². The van der Waals surface area contributed by atoms with E-state index >= 15 is 0 Å². The first kappa shape index (κ1) is 14.8. The molecular formula is C15H18N4O2. The molecule has 0 unspecified atom stereocenters. The molecule has 6 nitrogen and oxygen atoms in total. The van der Waals surface area contributed by atoms with Crippen LogP contribution in [0.25, 0.3) is 0 Å². The molecule has 2 aromatic rings. The zero-order valence-electron chi connectivity index (χ0n) is 12.1. The monoisotopic (exact) mass is 286 g/mol. The summed E-state index contributed by atoms with van der Waals surface area (Å²) >= 11 is 0. The predicted molar refractivity (Wildman–Crippen MR) is 84.2 cm³/mol. The number of benzene rings is 1. The predicted octanol–water partition coefficient (Wildman–Crippen LogP) is 3.73. The largest absolute Gasteiger partial charge is 0.370 e. The lowest BCUT2D eigenvalue weighted by atomic mass is 10.1. The van der Waals surface area contributed by atoms with Gasteiger partial charge in [0, 0.05) is 18.3 Å². The first-order valence-electron chi connectivity index (χ1n) is 6.89. The number of anilines is 3. The molecule has 0 saturated carbocycles. The normalized spacial score (nSPS) is 10.2. The van der Waals surface area contributed by atoms with Crippen LogP contribution in [-0.4, -0.2) is 16.5 Å². The van der Waals surface area contributed by atoms with E-state index in [4.69, 9.17) is 0 Å². The second kappa shape index (κ2) is 6.69. The average molecular weight is 286 g/mol. The first-order chi connectivity index (χ1) is 10.1. The van der Waals surface area contributed by atoms with Crippen molar-refractivity contribution in [3.05, 3.63) is 52.1 Å². The summed E-state index contributed by atoms with van der Waals surface area (Å²) in [7, 11) is 0. The molecule has 0 bridgehead atoms. The summed E-state index contributed by atoms with van der Waals surface area (Å²) in [6.45, 7) is 4.73. The van der Waals surface area contributed by atoms with Crippen LogP contribution >= 0.6 is 0 Å². The minimum absolute atomic E-state index is 0.0452. The number of hydrogen-bond donors (Lipinski definition) is 2. The smallest absolute Gasteiger partial charge is 0.311 e. The van der Waals surface area contributed by atoms with Gasteiger partial charge in [-0.05, 0) is 37.1 Å². The fourth-order valence-corrected chi connectivity index (χ4v) is 1.93. The van der Waals surface area contributed by atoms with Crippen LogP contribution in [0.5, 0.6) is 0 Å². The SMILES string of the molecule is CCNc1ccc([N+](=O)[O-])c(Nc2ccc(CC)cc2)n1. The number of nitrogens with one attached hydrogen (secondary N) is 2. The van der Waals surface area contributed by atoms with Gasteiger partial charge in [-0.1, -0.05) is 19.1 Å². The molecule has 1 aromatic carbocycles. The molecule has 0 atom stereocenters. The molecule has 0 aliphatic heterocycles. The number of nitrogens with zero attached hydrogens (tertiary/aromatic N) is 2. The van der Waals surface area contributed by atoms with E-state index in [-0.39, 0.29) is 11.5 Å². The second-order valence-electron chi connectivity index (χ2n) is 4.53. The maximum absolute atomic E-state index is 11.1. The van der Waals surface area contributed by atoms with Crippen molar-refractivity contribution < 1.29 is 4.92 Å². The highest BCUT2D eigenvalue weighted by atomic mass is 16.6. The molecule has 2 N–H and O–H groups in total. The van der Waals surface area contributed by atoms with E-state index in [2.05, 4.69) is 22.5 Å². The standard InChI is InChI=1S/C15H18N4O2/c1-3-11-5-7-12(8-6-11)17-15-13(19(20)21)9-10-14(18-15)16-4-2/h5-10H,3-4H2,1-2H3,(H2,16,17,18). The van der Waals surface area contributed by atoms with Gasteiger partial charge in [0.25, 0.3) is 0 Å². The summed E-state index contributed by atoms with van der Waals surface area (Å²) in [6.07, 6.45) is 0.953. The molecule has 0 radical (unpaired) electrons. The van der Waals surface area contributed by atoms with Gasteiger partial charge in [-0.15, -0.1) is 0 Å². The maximum atomic E-state index is 11.1. The third-order valence-electron chi connectivity index (χ3n) is 3.05. The van der Waals surface area contributed by atoms with Gasteiger partial charge in [0.05, 0.1) is 4.92 Å². The van der Waals surface area contributed by atoms with Crippen molar-refractivity contribution in [3.8, 4) is 0 Å². The Bertz CT molecular complexity index is 626. The zero-order valence-corrected chi connectivity index (χ0v) is 12.1. The Hall–Kier alpha value is -2.63. The second-order valence-corrected chi connectivity index (χ2v) is 4.53. The first-order valence-corrected chi connectivity index (χ1v) is 6.89. The summed E-state index contributed by atoms with van der Waals surface area (Å²) in [5.41, 5.74) is 1.94. The minimum atomic E-state index is -0.439. The van der Waals surface area contributed by atoms with Crippen LogP contribution < -0.4 is 10.6 Å². The van der Waals surface area contributed by atoms with Gasteiger partial charge >= 0.3 is 5.69 Å². The molecule has 0 amide bonds. The van der Waals surface area contributed by atoms with Crippen LogP contribution in [0.4, 0.5) is 23.0 Å². The number of aromatic nitrogens is 1. The Balaban J connectivity index is 2.30. The van der Waals surface area contributed by atoms with E-state index in [1.807, 2.05) is 31.2 Å². The summed E-state index contributed by atoms with van der Waals surface area (Å²) in [5.74, 6) is 0.846. The quantitative estimate of drug-likeness (QED) is 0.624. The summed E-state index contributed by atoms with van der Waals surface area (Å²) in [6, 6.07) is 10.8. The van der Waals surface area contributed by atoms with Gasteiger partial charge < -0.3 is 10.6 Å². The fourth-order valence-electron chi connectivity index (χ4n) is 1.93. The van der Waals surface area contributed by atoms with E-state index in [0.29, 0.717) is 12.4 Å². The molecule has 6 heteroatoms. The van der Waals surface area contributed by atoms with E-state index in [9.17, 15) is 10.1 Å². The van der Waals surface area contributed by atoms with Gasteiger partial charge in [-0.2, -0.15) is 0 Å². The highest BCUT2D eigenvalue weighted by molar-refractivity contribution is 5.67. The van der Waals surface area contributed by atoms with E-state index < -0.39 is 4.92 Å². The van der Waals surface area contributed by atoms with Crippen LogP contribution in [0.2, 0.25) is 0 Å². The van der Waals surface area contributed by atoms with Gasteiger partial charge in [-0.25, -0.2) is 4.98 Å². The lowest BCUT2D eigenvalue weighted by molar-refractivity contribution is -0.384. The average Bonchev–Trinajstić information content (AvgIpc) is 2.48. The lowest BCUT2D eigenvalue weighted by Gasteiger charge is -2.09. The zero-order chi connectivity index (χ0) is 15.2. The summed E-state index contributed by atoms with van der Waals surface area (Å²) < 4.78 is 0. The molecule has 21 heavy (non-hydrogen) atoms. The summed E-state index contributed by atoms with van der Waals surface area (Å²) in [4.78, 5) is 14.9. The number of rotatable bonds is 6. The van der Waals surface area contributed by atoms with Crippen molar-refractivity contribution in [3.63, 3.8) is 0 Å². The fraction of sp³-hybridized carbons (Fsp3) is 0.267. The molecule has 0 spiro atoms. The number of nitro groups is 1. The third-order valence-corrected chi connectivity index (χ3v) is 3.05. The van der Waals surface area contributed by atoms with E-state index in [1.165, 1.54) is 11.6 Å².